The Hall–Kier alpha value is -11.2. The molecule has 0 bridgehead atoms. The van der Waals surface area contributed by atoms with Crippen LogP contribution < -0.4 is 66.5 Å². The Morgan fingerprint density at radius 3 is 1.32 bits per heavy atom. The third-order valence-electron chi connectivity index (χ3n) is 22.0. The molecule has 0 aromatic carbocycles. The number of imidazole rings is 3. The number of nitrogens with zero attached hydrogens (tertiary/aromatic N) is 33. The van der Waals surface area contributed by atoms with E-state index in [1.807, 2.05) is 184 Å². The van der Waals surface area contributed by atoms with E-state index in [1.54, 1.807) is 48.3 Å². The smallest absolute Gasteiger partial charge is 0.813 e. The monoisotopic (exact) mass is 1880 g/mol. The molecule has 0 unspecified atom stereocenters. The predicted octanol–water partition coefficient (Wildman–Crippen LogP) is 11.6. The molecule has 0 aliphatic carbocycles. The number of piperidine rings is 3. The number of aromatic nitrogens is 15. The zero-order chi connectivity index (χ0) is 89.7. The van der Waals surface area contributed by atoms with E-state index in [0.29, 0.717) is 13.2 Å². The van der Waals surface area contributed by atoms with Crippen molar-refractivity contribution in [1.82, 2.24) is 82.6 Å². The van der Waals surface area contributed by atoms with Gasteiger partial charge >= 0.3 is 41.7 Å². The average molecular weight is 1890 g/mol. The van der Waals surface area contributed by atoms with Gasteiger partial charge in [0, 0.05) is 144 Å². The molecule has 12 aromatic rings. The first-order chi connectivity index (χ1) is 61.3. The summed E-state index contributed by atoms with van der Waals surface area (Å²) >= 11 is 6.73. The van der Waals surface area contributed by atoms with E-state index in [1.165, 1.54) is 0 Å². The van der Waals surface area contributed by atoms with E-state index in [2.05, 4.69) is 195 Å². The number of amides is 2. The van der Waals surface area contributed by atoms with E-state index in [0.717, 1.165) is 160 Å². The van der Waals surface area contributed by atoms with Crippen LogP contribution in [-0.4, -0.2) is 198 Å². The summed E-state index contributed by atoms with van der Waals surface area (Å²) in [7, 11) is -1.00. The minimum atomic E-state index is -1.00. The van der Waals surface area contributed by atoms with Gasteiger partial charge in [-0.3, -0.25) is 23.2 Å². The van der Waals surface area contributed by atoms with Gasteiger partial charge in [0.2, 0.25) is 17.8 Å². The summed E-state index contributed by atoms with van der Waals surface area (Å²) in [4.78, 5) is 64.0. The Balaban J connectivity index is 0.000000162. The van der Waals surface area contributed by atoms with Gasteiger partial charge in [-0.2, -0.15) is 20.8 Å². The minimum Gasteiger partial charge on any atom is -0.813 e. The summed E-state index contributed by atoms with van der Waals surface area (Å²) in [6, 6.07) is 21.1. The molecule has 6 atom stereocenters. The van der Waals surface area contributed by atoms with Gasteiger partial charge in [-0.15, -0.1) is 6.20 Å². The van der Waals surface area contributed by atoms with Crippen LogP contribution in [0.3, 0.4) is 0 Å². The van der Waals surface area contributed by atoms with Gasteiger partial charge in [-0.1, -0.05) is 28.7 Å². The number of rotatable bonds is 16. The van der Waals surface area contributed by atoms with E-state index in [4.69, 9.17) is 46.3 Å². The van der Waals surface area contributed by atoms with Gasteiger partial charge in [0.25, 0.3) is 0 Å². The molecule has 18 rings (SSSR count). The molecule has 3 spiro atoms. The van der Waals surface area contributed by atoms with Crippen LogP contribution >= 0.6 is 39.5 Å². The van der Waals surface area contributed by atoms with Crippen molar-refractivity contribution in [2.24, 2.45) is 106 Å². The fourth-order valence-electron chi connectivity index (χ4n) is 16.0. The number of thiol groups is 1. The van der Waals surface area contributed by atoms with Crippen LogP contribution in [0.15, 0.2) is 250 Å². The van der Waals surface area contributed by atoms with Gasteiger partial charge < -0.3 is 84.6 Å². The fourth-order valence-corrected chi connectivity index (χ4v) is 18.5. The van der Waals surface area contributed by atoms with E-state index >= 15 is 0 Å². The zero-order valence-electron chi connectivity index (χ0n) is 72.9. The normalized spacial score (nSPS) is 20.2. The van der Waals surface area contributed by atoms with E-state index < -0.39 is 18.4 Å². The Labute approximate surface area is 781 Å². The van der Waals surface area contributed by atoms with Crippen LogP contribution in [0.5, 0.6) is 0 Å². The Morgan fingerprint density at radius 2 is 0.906 bits per heavy atom. The summed E-state index contributed by atoms with van der Waals surface area (Å²) in [6.45, 7) is 24.6. The molecule has 6 fully saturated rings. The molecule has 2 amide bonds. The number of halogens is 2. The maximum absolute atomic E-state index is 12.6. The topological polar surface area (TPSA) is 518 Å². The second-order valence-corrected chi connectivity index (χ2v) is 35.0. The largest absolute Gasteiger partial charge is 1.00 e. The van der Waals surface area contributed by atoms with Gasteiger partial charge in [-0.25, -0.2) is 43.1 Å². The molecule has 18 heterocycles. The van der Waals surface area contributed by atoms with Crippen LogP contribution in [0.4, 0.5) is 31.8 Å². The molecule has 45 nitrogen and oxygen atoms in total. The number of alkyl halides is 1. The number of anilines is 3. The number of pyridine rings is 3. The van der Waals surface area contributed by atoms with Gasteiger partial charge in [0.1, 0.15) is 11.2 Å². The third-order valence-corrected chi connectivity index (χ3v) is 24.8. The quantitative estimate of drug-likeness (QED) is 0.0114. The Kier molecular flexibility index (Phi) is 33.5. The van der Waals surface area contributed by atoms with Crippen molar-refractivity contribution < 1.29 is 68.6 Å². The number of carbonyl (C=O) groups excluding carboxylic acids is 2. The number of alkyl carbamates (subject to hydrolysis) is 2. The standard InChI is InChI=1S/C27H33N7O3S.C22H25N7OS.C20H28N5O3.C7H5BrN2.CH3F.H3N17.Na.H2S/c1-18-22(31-25(35)37-26(2,3)4)27(17-36-18)8-13-32(14-9-27)24-29-16-21(23-28-11-15-33(23)24)38-20-6-5-12-34-19(20)7-10-30-34;1-15-19(23)22(14-30-15)5-10-27(11-6-22)21-25-13-18(20-24-8-12-28(20)21)31-17-3-2-9-29-16(17)4-7-26-29;1-14-16(23-18(26)28-19(2,3)4)20(13-27-14)6-10-24(11-7-20)17-22-8-5-15-21-9-12-25(15)17;8-6-2-1-5-10-7(6)3-4-9-10;1-2;1-3-5-7-9-11-13-15-17-16-14-12-10-8-6-4-2;;/h5-7,10-12,15-16,18,22H,8-9,13-14,17H2,1-4H3,(H,31,35);2-4,7-9,12-13,15,19H,5-6,10-11,14,23H2,1H3;8-9,12,14,16H,6-7,10-11,13H2,1-4H3,(H,23,26);1-5H;1H3;(H3,1,2,5,6,9,10,13,14,17);;1H2/q;;-1;;;;+1;/p-1/t18-,22+;15-,19+;14-,16+;;;;;/m000...../s1/i;;;;1D;;;. The van der Waals surface area contributed by atoms with Gasteiger partial charge in [0.05, 0.1) is 104 Å². The Bertz CT molecular complexity index is 5920. The molecule has 12 aromatic heterocycles. The molecule has 128 heavy (non-hydrogen) atoms. The van der Waals surface area contributed by atoms with Crippen molar-refractivity contribution in [2.45, 2.75) is 168 Å². The fraction of sp³-hybridized carbons (Fsp3) is 0.468. The summed E-state index contributed by atoms with van der Waals surface area (Å²) in [6.07, 6.45) is 33.0. The number of nitrogens with one attached hydrogen (secondary N) is 3. The number of nitrogens with two attached hydrogens (primary N) is 2. The van der Waals surface area contributed by atoms with Crippen molar-refractivity contribution >= 4 is 116 Å². The molecule has 51 heteroatoms. The first-order valence-corrected chi connectivity index (χ1v) is 42.5. The summed E-state index contributed by atoms with van der Waals surface area (Å²) < 4.78 is 57.2. The SMILES string of the molecule is Brc1cccn2nccc12.C[C@@H]1OCC2(CCN(c3nc[c-]c4nccn34)CC2)[C@@H]1NC(=O)OC(C)(C)C.C[C@@H]1OCC2(CCN(c3ncc(Sc4cccn5nccc45)c4nccn34)CC2)[C@@H]1N.C[C@@H]1OCC2(CCN(c3ncc(Sc4cccn5nccc45)c4nccn34)CC2)[C@@H]1NC(=O)OC(C)(C)C.N=N/N=N/N=N/N=N/N=N/N=N/N=N/N=N/N.[2H]CF.[Na+].[SH-]. The summed E-state index contributed by atoms with van der Waals surface area (Å²) in [5.74, 6) is 7.28. The molecule has 0 saturated carbocycles. The van der Waals surface area contributed by atoms with Crippen LogP contribution in [0.25, 0.3) is 33.5 Å². The number of fused-ring (bicyclic) bond motifs is 6. The van der Waals surface area contributed by atoms with Crippen LogP contribution in [0.2, 0.25) is 0 Å². The molecule has 672 valence electrons. The van der Waals surface area contributed by atoms with Gasteiger partial charge in [0.15, 0.2) is 11.3 Å². The minimum absolute atomic E-state index is 0. The number of hydrogen-bond donors (Lipinski definition) is 5. The van der Waals surface area contributed by atoms with Crippen LogP contribution in [0, 0.1) is 27.8 Å². The van der Waals surface area contributed by atoms with Crippen molar-refractivity contribution in [3.8, 4) is 0 Å². The maximum atomic E-state index is 12.6. The Morgan fingerprint density at radius 1 is 0.531 bits per heavy atom. The number of hydrogen-bond acceptors (Lipinski definition) is 25. The van der Waals surface area contributed by atoms with Crippen molar-refractivity contribution in [3.63, 3.8) is 0 Å². The van der Waals surface area contributed by atoms with E-state index in [9.17, 15) is 14.0 Å². The zero-order valence-corrected chi connectivity index (χ0v) is 78.0. The third kappa shape index (κ3) is 23.6. The molecule has 6 saturated heterocycles. The summed E-state index contributed by atoms with van der Waals surface area (Å²) in [5, 5.41) is 62.2. The van der Waals surface area contributed by atoms with Crippen molar-refractivity contribution in [3.05, 3.63) is 158 Å². The maximum Gasteiger partial charge on any atom is 1.00 e. The molecule has 6 aliphatic heterocycles. The number of ether oxygens (including phenoxy) is 5. The second-order valence-electron chi connectivity index (χ2n) is 31.9. The van der Waals surface area contributed by atoms with Crippen molar-refractivity contribution in [2.75, 3.05) is 80.9 Å². The first-order valence-electron chi connectivity index (χ1n) is 40.7. The van der Waals surface area contributed by atoms with E-state index in [-0.39, 0.29) is 108 Å². The molecule has 0 radical (unpaired) electrons. The molecular weight excluding hydrogens is 1790 g/mol. The predicted molar refractivity (Wildman–Crippen MR) is 471 cm³/mol. The molecule has 7 N–H and O–H groups in total. The molecule has 6 aliphatic rings. The first kappa shape index (κ1) is 95.9. The second kappa shape index (κ2) is 44.7. The van der Waals surface area contributed by atoms with Gasteiger partial charge in [-0.05, 0) is 250 Å². The van der Waals surface area contributed by atoms with Crippen molar-refractivity contribution in [1.29, 1.82) is 5.53 Å². The average Bonchev–Trinajstić information content (AvgIpc) is 1.64. The van der Waals surface area contributed by atoms with Crippen LogP contribution in [0.1, 0.15) is 102 Å². The van der Waals surface area contributed by atoms with Crippen LogP contribution in [-0.2, 0) is 37.2 Å². The molecular formula is C77H98BrFN38NaO7S3-. The summed E-state index contributed by atoms with van der Waals surface area (Å²) in [5.41, 5.74) is 17.3. The number of carbonyl (C=O) groups is 2.